The van der Waals surface area contributed by atoms with Crippen LogP contribution in [0.3, 0.4) is 0 Å². The standard InChI is InChI=1S/C23H23FN4O5S/c1-4-33-16-6-8-17(9-7-16)34(31,32)27-13-21(14(2)23(27)25-3)28-20-11-15(24)5-10-18(20)19(26-28)12-22(29)30/h5-11,14,21,23H,4,12-13H2,1-2H3,(H,29,30)/t14-,21-,23-/m0/s1. The van der Waals surface area contributed by atoms with Crippen molar-refractivity contribution < 1.29 is 27.4 Å². The number of halogens is 1. The summed E-state index contributed by atoms with van der Waals surface area (Å²) in [4.78, 5) is 14.9. The van der Waals surface area contributed by atoms with Crippen molar-refractivity contribution in [1.29, 1.82) is 0 Å². The number of hydrogen-bond acceptors (Lipinski definition) is 5. The van der Waals surface area contributed by atoms with Crippen molar-refractivity contribution in [1.82, 2.24) is 14.1 Å². The molecule has 0 aliphatic carbocycles. The van der Waals surface area contributed by atoms with Gasteiger partial charge in [-0.15, -0.1) is 4.31 Å². The molecular formula is C23H23FN4O5S. The van der Waals surface area contributed by atoms with E-state index >= 15 is 0 Å². The second-order valence-electron chi connectivity index (χ2n) is 8.07. The van der Waals surface area contributed by atoms with Gasteiger partial charge in [0.15, 0.2) is 0 Å². The highest BCUT2D eigenvalue weighted by Crippen LogP contribution is 2.39. The molecule has 0 spiro atoms. The minimum Gasteiger partial charge on any atom is -0.494 e. The maximum absolute atomic E-state index is 14.1. The number of aliphatic carboxylic acids is 1. The summed E-state index contributed by atoms with van der Waals surface area (Å²) in [5.74, 6) is -1.57. The largest absolute Gasteiger partial charge is 0.494 e. The lowest BCUT2D eigenvalue weighted by molar-refractivity contribution is -0.136. The lowest BCUT2D eigenvalue weighted by Gasteiger charge is -2.17. The third-order valence-electron chi connectivity index (χ3n) is 5.99. The minimum absolute atomic E-state index is 0.0281. The van der Waals surface area contributed by atoms with Crippen LogP contribution >= 0.6 is 0 Å². The average Bonchev–Trinajstić information content (AvgIpc) is 3.31. The maximum atomic E-state index is 14.1. The topological polar surface area (TPSA) is 106 Å². The molecule has 0 unspecified atom stereocenters. The first-order chi connectivity index (χ1) is 16.2. The quantitative estimate of drug-likeness (QED) is 0.514. The molecule has 1 fully saturated rings. The van der Waals surface area contributed by atoms with E-state index in [4.69, 9.17) is 11.3 Å². The van der Waals surface area contributed by atoms with E-state index < -0.39 is 39.9 Å². The zero-order valence-corrected chi connectivity index (χ0v) is 19.4. The van der Waals surface area contributed by atoms with Crippen molar-refractivity contribution in [2.45, 2.75) is 37.4 Å². The highest BCUT2D eigenvalue weighted by molar-refractivity contribution is 7.89. The van der Waals surface area contributed by atoms with Crippen LogP contribution in [0.1, 0.15) is 25.6 Å². The van der Waals surface area contributed by atoms with Crippen molar-refractivity contribution in [3.8, 4) is 5.75 Å². The van der Waals surface area contributed by atoms with Gasteiger partial charge in [0.05, 0.1) is 41.1 Å². The number of rotatable bonds is 7. The number of nitrogens with zero attached hydrogens (tertiary/aromatic N) is 4. The van der Waals surface area contributed by atoms with Gasteiger partial charge in [-0.2, -0.15) is 5.10 Å². The lowest BCUT2D eigenvalue weighted by atomic mass is 10.0. The van der Waals surface area contributed by atoms with E-state index in [0.29, 0.717) is 23.3 Å². The zero-order chi connectivity index (χ0) is 24.6. The lowest BCUT2D eigenvalue weighted by Crippen LogP contribution is -2.35. The van der Waals surface area contributed by atoms with Crippen LogP contribution in [0.15, 0.2) is 47.4 Å². The molecule has 0 bridgehead atoms. The second kappa shape index (κ2) is 9.04. The summed E-state index contributed by atoms with van der Waals surface area (Å²) in [6.45, 7) is 11.6. The van der Waals surface area contributed by atoms with Crippen molar-refractivity contribution in [2.24, 2.45) is 5.92 Å². The number of fused-ring (bicyclic) bond motifs is 1. The first kappa shape index (κ1) is 23.7. The normalized spacial score (nSPS) is 20.9. The van der Waals surface area contributed by atoms with E-state index in [9.17, 15) is 22.7 Å². The van der Waals surface area contributed by atoms with E-state index in [0.717, 1.165) is 4.31 Å². The van der Waals surface area contributed by atoms with E-state index in [-0.39, 0.29) is 23.6 Å². The molecule has 0 amide bonds. The highest BCUT2D eigenvalue weighted by Gasteiger charge is 2.51. The maximum Gasteiger partial charge on any atom is 0.309 e. The van der Waals surface area contributed by atoms with Crippen molar-refractivity contribution in [3.05, 3.63) is 65.4 Å². The Kier molecular flexibility index (Phi) is 6.29. The Bertz CT molecular complexity index is 1380. The van der Waals surface area contributed by atoms with Crippen LogP contribution in [0.4, 0.5) is 4.39 Å². The van der Waals surface area contributed by atoms with Crippen LogP contribution in [0.25, 0.3) is 15.7 Å². The number of carbonyl (C=O) groups is 1. The summed E-state index contributed by atoms with van der Waals surface area (Å²) in [5, 5.41) is 14.2. The van der Waals surface area contributed by atoms with Gasteiger partial charge in [-0.1, -0.05) is 6.92 Å². The van der Waals surface area contributed by atoms with Gasteiger partial charge in [-0.05, 0) is 49.4 Å². The molecule has 2 heterocycles. The molecule has 3 aromatic rings. The van der Waals surface area contributed by atoms with E-state index in [2.05, 4.69) is 9.94 Å². The summed E-state index contributed by atoms with van der Waals surface area (Å²) in [6.07, 6.45) is -1.37. The fraction of sp³-hybridized carbons (Fsp3) is 0.348. The van der Waals surface area contributed by atoms with Crippen LogP contribution in [0.5, 0.6) is 5.75 Å². The molecule has 0 saturated carbocycles. The number of aromatic nitrogens is 2. The predicted octanol–water partition coefficient (Wildman–Crippen LogP) is 3.33. The number of benzene rings is 2. The Labute approximate surface area is 196 Å². The molecule has 2 aromatic carbocycles. The minimum atomic E-state index is -4.02. The van der Waals surface area contributed by atoms with Gasteiger partial charge in [0.25, 0.3) is 6.17 Å². The molecule has 178 valence electrons. The van der Waals surface area contributed by atoms with Crippen LogP contribution in [-0.4, -0.2) is 52.9 Å². The van der Waals surface area contributed by atoms with Crippen LogP contribution < -0.4 is 4.74 Å². The zero-order valence-electron chi connectivity index (χ0n) is 18.6. The molecule has 4 rings (SSSR count). The molecule has 0 radical (unpaired) electrons. The molecule has 11 heteroatoms. The van der Waals surface area contributed by atoms with Crippen LogP contribution in [-0.2, 0) is 21.2 Å². The third kappa shape index (κ3) is 4.10. The molecule has 1 aliphatic heterocycles. The van der Waals surface area contributed by atoms with Crippen molar-refractivity contribution >= 4 is 26.9 Å². The van der Waals surface area contributed by atoms with E-state index in [1.165, 1.54) is 35.0 Å². The predicted molar refractivity (Wildman–Crippen MR) is 121 cm³/mol. The number of ether oxygens (including phenoxy) is 1. The van der Waals surface area contributed by atoms with Crippen LogP contribution in [0.2, 0.25) is 0 Å². The summed E-state index contributed by atoms with van der Waals surface area (Å²) in [5.41, 5.74) is 0.610. The number of hydrogen-bond donors (Lipinski definition) is 1. The van der Waals surface area contributed by atoms with E-state index in [1.807, 2.05) is 6.92 Å². The summed E-state index contributed by atoms with van der Waals surface area (Å²) < 4.78 is 48.9. The Hall–Kier alpha value is -3.49. The first-order valence-corrected chi connectivity index (χ1v) is 12.1. The number of sulfonamides is 1. The average molecular weight is 487 g/mol. The van der Waals surface area contributed by atoms with Gasteiger partial charge in [0, 0.05) is 11.9 Å². The Morgan fingerprint density at radius 3 is 2.62 bits per heavy atom. The molecule has 9 nitrogen and oxygen atoms in total. The fourth-order valence-corrected chi connectivity index (χ4v) is 5.98. The second-order valence-corrected chi connectivity index (χ2v) is 9.96. The van der Waals surface area contributed by atoms with E-state index in [1.54, 1.807) is 19.1 Å². The molecule has 1 N–H and O–H groups in total. The van der Waals surface area contributed by atoms with Gasteiger partial charge in [-0.3, -0.25) is 14.3 Å². The molecule has 34 heavy (non-hydrogen) atoms. The number of carboxylic acids is 1. The van der Waals surface area contributed by atoms with Crippen LogP contribution in [0, 0.1) is 18.3 Å². The molecule has 3 atom stereocenters. The molecule has 1 aliphatic rings. The SMILES string of the molecule is [C-]#[N+][C@@H]1[C@@H](C)[C@@H](n2nc(CC(=O)O)c3ccc(F)cc32)CN1S(=O)(=O)c1ccc(OCC)cc1. The first-order valence-electron chi connectivity index (χ1n) is 10.7. The fourth-order valence-electron chi connectivity index (χ4n) is 4.35. The van der Waals surface area contributed by atoms with Gasteiger partial charge < -0.3 is 9.84 Å². The van der Waals surface area contributed by atoms with Gasteiger partial charge in [-0.25, -0.2) is 19.4 Å². The number of carboxylic acid groups (broad SMARTS) is 1. The summed E-state index contributed by atoms with van der Waals surface area (Å²) >= 11 is 0. The summed E-state index contributed by atoms with van der Waals surface area (Å²) in [7, 11) is -4.02. The Morgan fingerprint density at radius 1 is 1.29 bits per heavy atom. The van der Waals surface area contributed by atoms with Crippen molar-refractivity contribution in [3.63, 3.8) is 0 Å². The van der Waals surface area contributed by atoms with Gasteiger partial charge in [0.1, 0.15) is 11.6 Å². The molecule has 1 aromatic heterocycles. The summed E-state index contributed by atoms with van der Waals surface area (Å²) in [6, 6.07) is 9.32. The van der Waals surface area contributed by atoms with Gasteiger partial charge >= 0.3 is 5.97 Å². The van der Waals surface area contributed by atoms with Gasteiger partial charge in [0.2, 0.25) is 10.0 Å². The molecule has 1 saturated heterocycles. The highest BCUT2D eigenvalue weighted by atomic mass is 32.2. The molecular weight excluding hydrogens is 463 g/mol. The van der Waals surface area contributed by atoms with Crippen molar-refractivity contribution in [2.75, 3.05) is 13.2 Å². The smallest absolute Gasteiger partial charge is 0.309 e. The third-order valence-corrected chi connectivity index (χ3v) is 7.84. The monoisotopic (exact) mass is 486 g/mol. The Balaban J connectivity index is 1.75. The Morgan fingerprint density at radius 2 is 2.00 bits per heavy atom.